The summed E-state index contributed by atoms with van der Waals surface area (Å²) in [6.45, 7) is 16.1. The van der Waals surface area contributed by atoms with Gasteiger partial charge in [-0.25, -0.2) is 9.97 Å². The molecule has 0 aliphatic rings. The molecule has 6 heteroatoms. The van der Waals surface area contributed by atoms with Crippen molar-refractivity contribution in [2.75, 3.05) is 26.4 Å². The van der Waals surface area contributed by atoms with Crippen LogP contribution in [0.3, 0.4) is 0 Å². The Morgan fingerprint density at radius 2 is 0.567 bits per heavy atom. The van der Waals surface area contributed by atoms with Gasteiger partial charge in [0.15, 0.2) is 23.0 Å². The van der Waals surface area contributed by atoms with Crippen LogP contribution in [0.2, 0.25) is 0 Å². The van der Waals surface area contributed by atoms with E-state index in [-0.39, 0.29) is 0 Å². The van der Waals surface area contributed by atoms with Gasteiger partial charge in [0.2, 0.25) is 0 Å². The molecule has 0 amide bonds. The monoisotopic (exact) mass is 821 g/mol. The van der Waals surface area contributed by atoms with Crippen molar-refractivity contribution < 1.29 is 18.9 Å². The lowest BCUT2D eigenvalue weighted by atomic mass is 9.97. The molecule has 5 aromatic rings. The summed E-state index contributed by atoms with van der Waals surface area (Å²) in [6.07, 6.45) is 29.2. The molecule has 0 bridgehead atoms. The van der Waals surface area contributed by atoms with Crippen molar-refractivity contribution in [2.24, 2.45) is 0 Å². The van der Waals surface area contributed by atoms with Gasteiger partial charge in [-0.15, -0.1) is 0 Å². The van der Waals surface area contributed by atoms with Crippen LogP contribution in [-0.4, -0.2) is 36.4 Å². The molecule has 1 aromatic heterocycles. The predicted molar refractivity (Wildman–Crippen MR) is 257 cm³/mol. The minimum Gasteiger partial charge on any atom is -0.490 e. The Labute approximate surface area is 363 Å². The summed E-state index contributed by atoms with van der Waals surface area (Å²) < 4.78 is 26.7. The maximum absolute atomic E-state index is 6.68. The van der Waals surface area contributed by atoms with E-state index in [0.29, 0.717) is 26.4 Å². The van der Waals surface area contributed by atoms with E-state index in [1.165, 1.54) is 140 Å². The minimum atomic E-state index is 0.666. The number of aromatic nitrogens is 2. The number of hydrogen-bond acceptors (Lipinski definition) is 6. The Hall–Kier alpha value is -3.80. The third kappa shape index (κ3) is 14.1. The van der Waals surface area contributed by atoms with Crippen molar-refractivity contribution >= 4 is 43.6 Å². The van der Waals surface area contributed by atoms with Crippen molar-refractivity contribution in [1.29, 1.82) is 0 Å². The first kappa shape index (κ1) is 47.3. The van der Waals surface area contributed by atoms with Gasteiger partial charge in [0, 0.05) is 10.8 Å². The maximum Gasteiger partial charge on any atom is 0.161 e. The van der Waals surface area contributed by atoms with Crippen molar-refractivity contribution in [2.45, 2.75) is 196 Å². The van der Waals surface area contributed by atoms with Crippen LogP contribution in [0.1, 0.15) is 193 Å². The number of hydrogen-bond donors (Lipinski definition) is 0. The van der Waals surface area contributed by atoms with Crippen LogP contribution in [0, 0.1) is 13.8 Å². The molecule has 0 unspecified atom stereocenters. The van der Waals surface area contributed by atoms with Gasteiger partial charge in [0.25, 0.3) is 0 Å². The van der Waals surface area contributed by atoms with E-state index in [0.717, 1.165) is 92.3 Å². The molecule has 6 nitrogen and oxygen atoms in total. The number of benzene rings is 4. The molecule has 0 saturated heterocycles. The molecule has 1 heterocycles. The smallest absolute Gasteiger partial charge is 0.161 e. The Bertz CT molecular complexity index is 1880. The standard InChI is InChI=1S/C54H80N2O4/c1-7-11-15-19-23-27-31-57-49-37-43-44-38-50(58-32-28-24-20-16-12-8-2)52(60-34-30-26-22-18-14-10-4)40-46(44)54-53(55-47-35-41(5)42(6)36-48(47)56-54)45(43)39-51(49)59-33-29-25-21-17-13-9-3/h35-40H,7-34H2,1-6H3. The molecular weight excluding hydrogens is 741 g/mol. The van der Waals surface area contributed by atoms with Gasteiger partial charge in [0.05, 0.1) is 48.5 Å². The number of ether oxygens (including phenoxy) is 4. The van der Waals surface area contributed by atoms with E-state index < -0.39 is 0 Å². The molecule has 0 fully saturated rings. The molecule has 4 aromatic carbocycles. The average Bonchev–Trinajstić information content (AvgIpc) is 3.25. The normalized spacial score (nSPS) is 11.7. The van der Waals surface area contributed by atoms with Crippen molar-refractivity contribution in [3.8, 4) is 23.0 Å². The lowest BCUT2D eigenvalue weighted by molar-refractivity contribution is 0.259. The van der Waals surface area contributed by atoms with Gasteiger partial charge >= 0.3 is 0 Å². The third-order valence-corrected chi connectivity index (χ3v) is 12.3. The van der Waals surface area contributed by atoms with E-state index in [1.54, 1.807) is 0 Å². The van der Waals surface area contributed by atoms with E-state index in [9.17, 15) is 0 Å². The van der Waals surface area contributed by atoms with Crippen LogP contribution in [0.25, 0.3) is 43.6 Å². The number of rotatable bonds is 32. The van der Waals surface area contributed by atoms with Crippen LogP contribution in [0.5, 0.6) is 23.0 Å². The highest BCUT2D eigenvalue weighted by atomic mass is 16.5. The van der Waals surface area contributed by atoms with E-state index in [1.807, 2.05) is 0 Å². The van der Waals surface area contributed by atoms with E-state index >= 15 is 0 Å². The second-order valence-corrected chi connectivity index (χ2v) is 17.5. The lowest BCUT2D eigenvalue weighted by Crippen LogP contribution is -2.04. The summed E-state index contributed by atoms with van der Waals surface area (Å²) in [5.41, 5.74) is 6.00. The summed E-state index contributed by atoms with van der Waals surface area (Å²) in [5, 5.41) is 4.20. The van der Waals surface area contributed by atoms with Gasteiger partial charge in [0.1, 0.15) is 0 Å². The lowest BCUT2D eigenvalue weighted by Gasteiger charge is -2.19. The summed E-state index contributed by atoms with van der Waals surface area (Å²) >= 11 is 0. The largest absolute Gasteiger partial charge is 0.490 e. The molecular formula is C54H80N2O4. The molecule has 5 rings (SSSR count). The molecule has 0 atom stereocenters. The SMILES string of the molecule is CCCCCCCCOc1cc2c3cc(OCCCCCCCC)c(OCCCCCCCC)cc3c3nc4cc(C)c(C)cc4nc3c2cc1OCCCCCCCC. The zero-order chi connectivity index (χ0) is 42.4. The molecule has 0 radical (unpaired) electrons. The summed E-state index contributed by atoms with van der Waals surface area (Å²) in [4.78, 5) is 10.8. The summed E-state index contributed by atoms with van der Waals surface area (Å²) in [5.74, 6) is 3.20. The fourth-order valence-corrected chi connectivity index (χ4v) is 8.35. The highest BCUT2D eigenvalue weighted by Crippen LogP contribution is 2.44. The van der Waals surface area contributed by atoms with Crippen molar-refractivity contribution in [3.63, 3.8) is 0 Å². The minimum absolute atomic E-state index is 0.666. The number of aryl methyl sites for hydroxylation is 2. The average molecular weight is 821 g/mol. The number of nitrogens with zero attached hydrogens (tertiary/aromatic N) is 2. The number of fused-ring (bicyclic) bond motifs is 7. The Kier molecular flexibility index (Phi) is 20.9. The van der Waals surface area contributed by atoms with E-state index in [2.05, 4.69) is 77.9 Å². The van der Waals surface area contributed by atoms with Crippen LogP contribution < -0.4 is 18.9 Å². The molecule has 0 N–H and O–H groups in total. The van der Waals surface area contributed by atoms with Crippen LogP contribution in [0.4, 0.5) is 0 Å². The fraction of sp³-hybridized carbons (Fsp3) is 0.630. The molecule has 0 saturated carbocycles. The second-order valence-electron chi connectivity index (χ2n) is 17.5. The van der Waals surface area contributed by atoms with Gasteiger partial charge in [-0.05, 0) is 97.8 Å². The zero-order valence-electron chi connectivity index (χ0n) is 38.8. The third-order valence-electron chi connectivity index (χ3n) is 12.3. The molecule has 60 heavy (non-hydrogen) atoms. The maximum atomic E-state index is 6.68. The Balaban J connectivity index is 1.59. The molecule has 330 valence electrons. The van der Waals surface area contributed by atoms with Crippen LogP contribution >= 0.6 is 0 Å². The van der Waals surface area contributed by atoms with Gasteiger partial charge in [-0.3, -0.25) is 0 Å². The van der Waals surface area contributed by atoms with Gasteiger partial charge in [-0.2, -0.15) is 0 Å². The van der Waals surface area contributed by atoms with Crippen LogP contribution in [-0.2, 0) is 0 Å². The Morgan fingerprint density at radius 1 is 0.317 bits per heavy atom. The van der Waals surface area contributed by atoms with Crippen LogP contribution in [0.15, 0.2) is 36.4 Å². The quantitative estimate of drug-likeness (QED) is 0.0245. The highest BCUT2D eigenvalue weighted by molar-refractivity contribution is 6.25. The van der Waals surface area contributed by atoms with Crippen molar-refractivity contribution in [3.05, 3.63) is 47.5 Å². The summed E-state index contributed by atoms with van der Waals surface area (Å²) in [6, 6.07) is 13.2. The van der Waals surface area contributed by atoms with E-state index in [4.69, 9.17) is 28.9 Å². The van der Waals surface area contributed by atoms with Gasteiger partial charge in [-0.1, -0.05) is 156 Å². The van der Waals surface area contributed by atoms with Crippen molar-refractivity contribution in [1.82, 2.24) is 9.97 Å². The molecule has 0 aliphatic heterocycles. The predicted octanol–water partition coefficient (Wildman–Crippen LogP) is 16.7. The second kappa shape index (κ2) is 26.5. The number of unbranched alkanes of at least 4 members (excludes halogenated alkanes) is 20. The molecule has 0 aliphatic carbocycles. The molecule has 0 spiro atoms. The fourth-order valence-electron chi connectivity index (χ4n) is 8.35. The first-order valence-corrected chi connectivity index (χ1v) is 24.7. The van der Waals surface area contributed by atoms with Gasteiger partial charge < -0.3 is 18.9 Å². The first-order chi connectivity index (χ1) is 29.5. The topological polar surface area (TPSA) is 62.7 Å². The first-order valence-electron chi connectivity index (χ1n) is 24.7. The highest BCUT2D eigenvalue weighted by Gasteiger charge is 2.20. The summed E-state index contributed by atoms with van der Waals surface area (Å²) in [7, 11) is 0. The zero-order valence-corrected chi connectivity index (χ0v) is 38.8. The Morgan fingerprint density at radius 3 is 0.850 bits per heavy atom.